The van der Waals surface area contributed by atoms with Crippen molar-refractivity contribution in [3.63, 3.8) is 0 Å². The Morgan fingerprint density at radius 1 is 1.26 bits per heavy atom. The van der Waals surface area contributed by atoms with Crippen LogP contribution in [0, 0.1) is 0 Å². The van der Waals surface area contributed by atoms with Crippen molar-refractivity contribution in [2.24, 2.45) is 0 Å². The maximum Gasteiger partial charge on any atom is 0.416 e. The van der Waals surface area contributed by atoms with Gasteiger partial charge in [-0.15, -0.1) is 0 Å². The third-order valence-electron chi connectivity index (χ3n) is 3.22. The Hall–Kier alpha value is -1.50. The van der Waals surface area contributed by atoms with Crippen LogP contribution < -0.4 is 11.1 Å². The van der Waals surface area contributed by atoms with Crippen LogP contribution >= 0.6 is 0 Å². The van der Waals surface area contributed by atoms with Crippen LogP contribution in [0.5, 0.6) is 0 Å². The van der Waals surface area contributed by atoms with Gasteiger partial charge in [-0.2, -0.15) is 13.2 Å². The number of alkyl halides is 3. The highest BCUT2D eigenvalue weighted by Gasteiger charge is 2.32. The highest BCUT2D eigenvalue weighted by atomic mass is 19.4. The molecule has 19 heavy (non-hydrogen) atoms. The molecule has 0 radical (unpaired) electrons. The molecule has 1 aromatic rings. The van der Waals surface area contributed by atoms with Crippen molar-refractivity contribution in [2.45, 2.75) is 38.4 Å². The quantitative estimate of drug-likeness (QED) is 0.773. The van der Waals surface area contributed by atoms with E-state index in [1.807, 2.05) is 13.8 Å². The van der Waals surface area contributed by atoms with Gasteiger partial charge in [0.2, 0.25) is 0 Å². The van der Waals surface area contributed by atoms with E-state index >= 15 is 0 Å². The van der Waals surface area contributed by atoms with Crippen LogP contribution in [-0.4, -0.2) is 22.2 Å². The second-order valence-electron chi connectivity index (χ2n) is 4.43. The zero-order valence-corrected chi connectivity index (χ0v) is 10.9. The Labute approximate surface area is 109 Å². The van der Waals surface area contributed by atoms with Gasteiger partial charge in [-0.1, -0.05) is 13.8 Å². The topological polar surface area (TPSA) is 71.2 Å². The zero-order valence-electron chi connectivity index (χ0n) is 10.9. The molecule has 0 aromatic carbocycles. The number of aliphatic hydroxyl groups excluding tert-OH is 1. The first-order valence-corrected chi connectivity index (χ1v) is 6.00. The molecule has 0 bridgehead atoms. The molecule has 4 nitrogen and oxygen atoms in total. The Morgan fingerprint density at radius 2 is 1.84 bits per heavy atom. The standard InChI is InChI=1S/C12H18F3N3O/c1-3-11(4-2,7-19)18-10-6-8(12(13,14)15)5-9(16)17-10/h5-6,19H,3-4,7H2,1-2H3,(H3,16,17,18). The van der Waals surface area contributed by atoms with Crippen molar-refractivity contribution in [2.75, 3.05) is 17.7 Å². The number of anilines is 2. The highest BCUT2D eigenvalue weighted by Crippen LogP contribution is 2.32. The third kappa shape index (κ3) is 3.73. The van der Waals surface area contributed by atoms with Gasteiger partial charge >= 0.3 is 6.18 Å². The molecule has 0 amide bonds. The zero-order chi connectivity index (χ0) is 14.7. The summed E-state index contributed by atoms with van der Waals surface area (Å²) in [5.74, 6) is -0.193. The average molecular weight is 277 g/mol. The van der Waals surface area contributed by atoms with Gasteiger partial charge in [0.1, 0.15) is 11.6 Å². The number of hydrogen-bond donors (Lipinski definition) is 3. The first-order chi connectivity index (χ1) is 8.76. The number of hydrogen-bond acceptors (Lipinski definition) is 4. The molecular weight excluding hydrogens is 259 g/mol. The van der Waals surface area contributed by atoms with Gasteiger partial charge in [0.05, 0.1) is 17.7 Å². The van der Waals surface area contributed by atoms with Crippen molar-refractivity contribution in [1.29, 1.82) is 0 Å². The third-order valence-corrected chi connectivity index (χ3v) is 3.22. The fourth-order valence-corrected chi connectivity index (χ4v) is 1.74. The number of nitrogens with zero attached hydrogens (tertiary/aromatic N) is 1. The Morgan fingerprint density at radius 3 is 2.26 bits per heavy atom. The van der Waals surface area contributed by atoms with Gasteiger partial charge in [0, 0.05) is 0 Å². The molecule has 0 spiro atoms. The number of aliphatic hydroxyl groups is 1. The molecule has 1 heterocycles. The summed E-state index contributed by atoms with van der Waals surface area (Å²) in [6.45, 7) is 3.48. The molecule has 1 aromatic heterocycles. The van der Waals surface area contributed by atoms with Gasteiger partial charge in [-0.3, -0.25) is 0 Å². The summed E-state index contributed by atoms with van der Waals surface area (Å²) in [7, 11) is 0. The summed E-state index contributed by atoms with van der Waals surface area (Å²) in [5.41, 5.74) is 3.84. The van der Waals surface area contributed by atoms with Crippen LogP contribution in [0.3, 0.4) is 0 Å². The smallest absolute Gasteiger partial charge is 0.394 e. The maximum absolute atomic E-state index is 12.7. The highest BCUT2D eigenvalue weighted by molar-refractivity contribution is 5.49. The number of nitrogens with two attached hydrogens (primary N) is 1. The monoisotopic (exact) mass is 277 g/mol. The molecule has 1 rings (SSSR count). The van der Waals surface area contributed by atoms with E-state index in [0.29, 0.717) is 12.8 Å². The van der Waals surface area contributed by atoms with Crippen molar-refractivity contribution in [3.05, 3.63) is 17.7 Å². The molecule has 0 atom stereocenters. The molecule has 0 aliphatic heterocycles. The number of nitrogens with one attached hydrogen (secondary N) is 1. The second-order valence-corrected chi connectivity index (χ2v) is 4.43. The van der Waals surface area contributed by atoms with Gasteiger partial charge < -0.3 is 16.2 Å². The molecule has 7 heteroatoms. The molecule has 0 aliphatic rings. The van der Waals surface area contributed by atoms with Gasteiger partial charge in [0.25, 0.3) is 0 Å². The molecule has 0 saturated carbocycles. The van der Waals surface area contributed by atoms with E-state index in [4.69, 9.17) is 5.73 Å². The van der Waals surface area contributed by atoms with Crippen LogP contribution in [0.1, 0.15) is 32.3 Å². The van der Waals surface area contributed by atoms with Crippen LogP contribution in [0.2, 0.25) is 0 Å². The minimum Gasteiger partial charge on any atom is -0.394 e. The SMILES string of the molecule is CCC(CC)(CO)Nc1cc(C(F)(F)F)cc(N)n1. The van der Waals surface area contributed by atoms with Crippen molar-refractivity contribution < 1.29 is 18.3 Å². The minimum absolute atomic E-state index is 0.0186. The van der Waals surface area contributed by atoms with Crippen molar-refractivity contribution in [1.82, 2.24) is 4.98 Å². The summed E-state index contributed by atoms with van der Waals surface area (Å²) in [4.78, 5) is 3.83. The number of aromatic nitrogens is 1. The first-order valence-electron chi connectivity index (χ1n) is 6.00. The van der Waals surface area contributed by atoms with E-state index < -0.39 is 17.3 Å². The fourth-order valence-electron chi connectivity index (χ4n) is 1.74. The number of halogens is 3. The molecular formula is C12H18F3N3O. The van der Waals surface area contributed by atoms with E-state index in [9.17, 15) is 18.3 Å². The molecule has 108 valence electrons. The lowest BCUT2D eigenvalue weighted by Gasteiger charge is -2.31. The molecule has 0 unspecified atom stereocenters. The Bertz CT molecular complexity index is 422. The predicted molar refractivity (Wildman–Crippen MR) is 67.7 cm³/mol. The largest absolute Gasteiger partial charge is 0.416 e. The van der Waals surface area contributed by atoms with Gasteiger partial charge in [-0.25, -0.2) is 4.98 Å². The summed E-state index contributed by atoms with van der Waals surface area (Å²) in [6, 6.07) is 1.68. The van der Waals surface area contributed by atoms with E-state index in [1.54, 1.807) is 0 Å². The van der Waals surface area contributed by atoms with E-state index in [-0.39, 0.29) is 18.2 Å². The Kier molecular flexibility index (Phi) is 4.62. The van der Waals surface area contributed by atoms with Crippen LogP contribution in [0.15, 0.2) is 12.1 Å². The molecule has 0 aliphatic carbocycles. The van der Waals surface area contributed by atoms with Crippen molar-refractivity contribution in [3.8, 4) is 0 Å². The lowest BCUT2D eigenvalue weighted by Crippen LogP contribution is -2.41. The second kappa shape index (κ2) is 5.64. The van der Waals surface area contributed by atoms with Gasteiger partial charge in [0.15, 0.2) is 0 Å². The first kappa shape index (κ1) is 15.6. The van der Waals surface area contributed by atoms with E-state index in [0.717, 1.165) is 12.1 Å². The maximum atomic E-state index is 12.7. The Balaban J connectivity index is 3.11. The minimum atomic E-state index is -4.48. The summed E-state index contributed by atoms with van der Waals surface area (Å²) in [6.07, 6.45) is -3.37. The summed E-state index contributed by atoms with van der Waals surface area (Å²) in [5, 5.41) is 12.2. The summed E-state index contributed by atoms with van der Waals surface area (Å²) < 4.78 is 38.0. The summed E-state index contributed by atoms with van der Waals surface area (Å²) >= 11 is 0. The average Bonchev–Trinajstić information content (AvgIpc) is 2.34. The van der Waals surface area contributed by atoms with E-state index in [2.05, 4.69) is 10.3 Å². The number of pyridine rings is 1. The number of rotatable bonds is 5. The van der Waals surface area contributed by atoms with Crippen LogP contribution in [0.25, 0.3) is 0 Å². The predicted octanol–water partition coefficient (Wildman–Crippen LogP) is 2.65. The van der Waals surface area contributed by atoms with Crippen LogP contribution in [-0.2, 0) is 6.18 Å². The molecule has 0 saturated heterocycles. The molecule has 0 fully saturated rings. The normalized spacial score (nSPS) is 12.5. The van der Waals surface area contributed by atoms with E-state index in [1.165, 1.54) is 0 Å². The lowest BCUT2D eigenvalue weighted by molar-refractivity contribution is -0.137. The van der Waals surface area contributed by atoms with Gasteiger partial charge in [-0.05, 0) is 25.0 Å². The fraction of sp³-hybridized carbons (Fsp3) is 0.583. The van der Waals surface area contributed by atoms with Crippen LogP contribution in [0.4, 0.5) is 24.8 Å². The lowest BCUT2D eigenvalue weighted by atomic mass is 9.94. The molecule has 4 N–H and O–H groups in total. The number of nitrogen functional groups attached to an aromatic ring is 1. The van der Waals surface area contributed by atoms with Crippen molar-refractivity contribution >= 4 is 11.6 Å².